The van der Waals surface area contributed by atoms with E-state index in [1.165, 1.54) is 37.6 Å². The Kier molecular flexibility index (Phi) is 5.52. The molecule has 0 aliphatic carbocycles. The molecular formula is C20H25FN4O4S. The van der Waals surface area contributed by atoms with Crippen LogP contribution in [0.1, 0.15) is 36.8 Å². The third kappa shape index (κ3) is 3.85. The van der Waals surface area contributed by atoms with Crippen LogP contribution in [0.4, 0.5) is 10.1 Å². The Morgan fingerprint density at radius 2 is 1.97 bits per heavy atom. The third-order valence-electron chi connectivity index (χ3n) is 5.29. The Morgan fingerprint density at radius 1 is 1.27 bits per heavy atom. The number of amidine groups is 1. The largest absolute Gasteiger partial charge is 0.495 e. The average molecular weight is 437 g/mol. The van der Waals surface area contributed by atoms with Gasteiger partial charge in [0.25, 0.3) is 5.91 Å². The average Bonchev–Trinajstić information content (AvgIpc) is 2.67. The lowest BCUT2D eigenvalue weighted by atomic mass is 9.92. The molecule has 1 aliphatic heterocycles. The predicted molar refractivity (Wildman–Crippen MR) is 116 cm³/mol. The normalized spacial score (nSPS) is 23.2. The van der Waals surface area contributed by atoms with E-state index in [2.05, 4.69) is 15.3 Å². The van der Waals surface area contributed by atoms with Crippen molar-refractivity contribution in [2.24, 2.45) is 10.7 Å². The topological polar surface area (TPSA) is 130 Å². The first kappa shape index (κ1) is 22.0. The molecule has 162 valence electrons. The highest BCUT2D eigenvalue weighted by Crippen LogP contribution is 2.59. The maximum absolute atomic E-state index is 14.7. The highest BCUT2D eigenvalue weighted by Gasteiger charge is 2.49. The van der Waals surface area contributed by atoms with Gasteiger partial charge in [0.15, 0.2) is 0 Å². The second-order valence-electron chi connectivity index (χ2n) is 7.82. The number of hydrogen-bond acceptors (Lipinski definition) is 7. The fourth-order valence-electron chi connectivity index (χ4n) is 3.16. The van der Waals surface area contributed by atoms with Crippen molar-refractivity contribution in [1.29, 1.82) is 0 Å². The molecule has 0 fully saturated rings. The van der Waals surface area contributed by atoms with Crippen molar-refractivity contribution in [2.75, 3.05) is 18.2 Å². The van der Waals surface area contributed by atoms with Crippen molar-refractivity contribution < 1.29 is 23.0 Å². The van der Waals surface area contributed by atoms with Crippen molar-refractivity contribution in [3.05, 3.63) is 53.6 Å². The van der Waals surface area contributed by atoms with Gasteiger partial charge in [0.05, 0.1) is 19.1 Å². The van der Waals surface area contributed by atoms with E-state index < -0.39 is 32.6 Å². The van der Waals surface area contributed by atoms with Gasteiger partial charge in [0.2, 0.25) is 0 Å². The minimum absolute atomic E-state index is 0.0347. The summed E-state index contributed by atoms with van der Waals surface area (Å²) in [4.78, 5) is 20.9. The molecule has 1 aromatic carbocycles. The number of aromatic nitrogens is 1. The number of carbonyl (C=O) groups excluding carboxylic acids is 1. The van der Waals surface area contributed by atoms with E-state index in [4.69, 9.17) is 10.5 Å². The van der Waals surface area contributed by atoms with Crippen molar-refractivity contribution in [1.82, 2.24) is 4.98 Å². The molecule has 3 rings (SSSR count). The van der Waals surface area contributed by atoms with Crippen LogP contribution in [-0.2, 0) is 5.54 Å². The van der Waals surface area contributed by atoms with E-state index in [0.29, 0.717) is 11.4 Å². The van der Waals surface area contributed by atoms with Crippen molar-refractivity contribution >= 4 is 28.0 Å². The summed E-state index contributed by atoms with van der Waals surface area (Å²) in [5.41, 5.74) is 5.27. The number of benzene rings is 1. The number of anilines is 1. The van der Waals surface area contributed by atoms with E-state index in [-0.39, 0.29) is 22.8 Å². The summed E-state index contributed by atoms with van der Waals surface area (Å²) in [7, 11) is -1.71. The number of amides is 1. The minimum atomic E-state index is -3.20. The molecule has 0 saturated heterocycles. The van der Waals surface area contributed by atoms with Gasteiger partial charge in [-0.05, 0) is 51.1 Å². The van der Waals surface area contributed by atoms with Gasteiger partial charge in [-0.15, -0.1) is 0 Å². The molecule has 10 heteroatoms. The monoisotopic (exact) mass is 436 g/mol. The summed E-state index contributed by atoms with van der Waals surface area (Å²) in [5.74, 6) is -0.727. The summed E-state index contributed by atoms with van der Waals surface area (Å²) in [6.45, 7) is 4.77. The lowest BCUT2D eigenvalue weighted by Gasteiger charge is -2.53. The van der Waals surface area contributed by atoms with Crippen LogP contribution in [0.3, 0.4) is 0 Å². The number of pyridine rings is 1. The molecule has 1 amide bonds. The number of methoxy groups -OCH3 is 1. The highest BCUT2D eigenvalue weighted by atomic mass is 32.3. The number of rotatable bonds is 4. The van der Waals surface area contributed by atoms with Crippen LogP contribution in [0.25, 0.3) is 0 Å². The van der Waals surface area contributed by atoms with E-state index >= 15 is 0 Å². The molecule has 0 unspecified atom stereocenters. The smallest absolute Gasteiger partial charge is 0.274 e. The second-order valence-corrected chi connectivity index (χ2v) is 10.5. The summed E-state index contributed by atoms with van der Waals surface area (Å²) in [5, 5.41) is 2.66. The van der Waals surface area contributed by atoms with E-state index in [9.17, 15) is 18.3 Å². The number of carbonyl (C=O) groups is 1. The van der Waals surface area contributed by atoms with Gasteiger partial charge in [-0.1, -0.05) is 0 Å². The number of ether oxygens (including phenoxy) is 1. The molecule has 2 heterocycles. The summed E-state index contributed by atoms with van der Waals surface area (Å²) in [6.07, 6.45) is 1.41. The van der Waals surface area contributed by atoms with Gasteiger partial charge in [0, 0.05) is 11.3 Å². The summed E-state index contributed by atoms with van der Waals surface area (Å²) < 4.78 is 39.9. The summed E-state index contributed by atoms with van der Waals surface area (Å²) >= 11 is 0. The molecule has 0 radical (unpaired) electrons. The van der Waals surface area contributed by atoms with Gasteiger partial charge in [-0.2, -0.15) is 10.6 Å². The first-order valence-electron chi connectivity index (χ1n) is 9.12. The third-order valence-corrected chi connectivity index (χ3v) is 8.10. The molecule has 0 bridgehead atoms. The van der Waals surface area contributed by atoms with Crippen LogP contribution in [0.5, 0.6) is 5.75 Å². The Morgan fingerprint density at radius 3 is 2.53 bits per heavy atom. The Labute approximate surface area is 175 Å². The lowest BCUT2D eigenvalue weighted by molar-refractivity contribution is 0.102. The van der Waals surface area contributed by atoms with Crippen molar-refractivity contribution in [3.63, 3.8) is 0 Å². The highest BCUT2D eigenvalue weighted by molar-refractivity contribution is 8.26. The predicted octanol–water partition coefficient (Wildman–Crippen LogP) is 3.60. The maximum Gasteiger partial charge on any atom is 0.274 e. The van der Waals surface area contributed by atoms with E-state index in [0.717, 1.165) is 0 Å². The molecular weight excluding hydrogens is 411 g/mol. The van der Waals surface area contributed by atoms with Crippen LogP contribution in [0, 0.1) is 5.82 Å². The first-order chi connectivity index (χ1) is 13.9. The molecule has 30 heavy (non-hydrogen) atoms. The maximum atomic E-state index is 14.7. The molecule has 1 aromatic heterocycles. The van der Waals surface area contributed by atoms with Gasteiger partial charge >= 0.3 is 0 Å². The SMILES string of the molecule is COc1ccc(C(=O)Nc2ccc(F)c([C@]3(C)CS(O)(O)C(C)(C)C(N)=N3)c2)nc1. The van der Waals surface area contributed by atoms with Crippen LogP contribution in [0.15, 0.2) is 41.5 Å². The van der Waals surface area contributed by atoms with Crippen LogP contribution < -0.4 is 15.8 Å². The standard InChI is InChI=1S/C20H25FN4O4S/c1-19(2)18(22)25-20(3,11-30(19,27)28)14-9-12(5-7-15(14)21)24-17(26)16-8-6-13(29-4)10-23-16/h5-10,27-28H,11H2,1-4H3,(H2,22,25)(H,24,26)/t20-/m0/s1. The van der Waals surface area contributed by atoms with Crippen LogP contribution in [-0.4, -0.2) is 43.4 Å². The lowest BCUT2D eigenvalue weighted by Crippen LogP contribution is -2.52. The number of hydrogen-bond donors (Lipinski definition) is 4. The molecule has 0 spiro atoms. The molecule has 5 N–H and O–H groups in total. The first-order valence-corrected chi connectivity index (χ1v) is 10.8. The number of nitrogens with one attached hydrogen (secondary N) is 1. The molecule has 8 nitrogen and oxygen atoms in total. The Bertz CT molecular complexity index is 1010. The summed E-state index contributed by atoms with van der Waals surface area (Å²) in [6, 6.07) is 7.12. The number of aliphatic imine (C=N–C) groups is 1. The molecule has 1 atom stereocenters. The Balaban J connectivity index is 1.93. The van der Waals surface area contributed by atoms with E-state index in [1.54, 1.807) is 26.8 Å². The minimum Gasteiger partial charge on any atom is -0.495 e. The zero-order valence-corrected chi connectivity index (χ0v) is 18.0. The van der Waals surface area contributed by atoms with Gasteiger partial charge in [-0.3, -0.25) is 18.9 Å². The molecule has 1 aliphatic rings. The van der Waals surface area contributed by atoms with Crippen LogP contribution in [0.2, 0.25) is 0 Å². The molecule has 0 saturated carbocycles. The van der Waals surface area contributed by atoms with Crippen LogP contribution >= 0.6 is 10.6 Å². The zero-order chi connectivity index (χ0) is 22.3. The zero-order valence-electron chi connectivity index (χ0n) is 17.1. The van der Waals surface area contributed by atoms with Gasteiger partial charge < -0.3 is 15.8 Å². The van der Waals surface area contributed by atoms with E-state index in [1.807, 2.05) is 0 Å². The quantitative estimate of drug-likeness (QED) is 0.579. The number of halogens is 1. The van der Waals surface area contributed by atoms with Crippen molar-refractivity contribution in [3.8, 4) is 5.75 Å². The number of nitrogens with two attached hydrogens (primary N) is 1. The molecule has 2 aromatic rings. The fourth-order valence-corrected chi connectivity index (χ4v) is 4.90. The van der Waals surface area contributed by atoms with Crippen molar-refractivity contribution in [2.45, 2.75) is 31.1 Å². The number of nitrogens with zero attached hydrogens (tertiary/aromatic N) is 2. The van der Waals surface area contributed by atoms with Gasteiger partial charge in [0.1, 0.15) is 33.4 Å². The Hall–Kier alpha value is -2.69. The van der Waals surface area contributed by atoms with Gasteiger partial charge in [-0.25, -0.2) is 9.37 Å². The fraction of sp³-hybridized carbons (Fsp3) is 0.350. The second kappa shape index (κ2) is 7.53.